The van der Waals surface area contributed by atoms with Gasteiger partial charge in [0.15, 0.2) is 5.60 Å². The van der Waals surface area contributed by atoms with Crippen LogP contribution in [0.2, 0.25) is 0 Å². The molecule has 1 spiro atoms. The molecule has 0 bridgehead atoms. The molecule has 0 aliphatic carbocycles. The number of hydrogen-bond donors (Lipinski definition) is 2. The van der Waals surface area contributed by atoms with Gasteiger partial charge in [0.05, 0.1) is 0 Å². The van der Waals surface area contributed by atoms with Crippen LogP contribution in [0, 0.1) is 5.92 Å². The van der Waals surface area contributed by atoms with Gasteiger partial charge < -0.3 is 15.4 Å². The summed E-state index contributed by atoms with van der Waals surface area (Å²) >= 11 is 0. The first-order valence-electron chi connectivity index (χ1n) is 9.32. The molecule has 4 heteroatoms. The molecule has 0 radical (unpaired) electrons. The first-order valence-corrected chi connectivity index (χ1v) is 9.32. The van der Waals surface area contributed by atoms with Gasteiger partial charge in [-0.2, -0.15) is 0 Å². The van der Waals surface area contributed by atoms with Gasteiger partial charge >= 0.3 is 0 Å². The SMILES string of the molecule is CC(C)CCCCCC1NC(=O)C2(CC(C)(C)NC(C)(C)C2)O1. The number of hydrogen-bond acceptors (Lipinski definition) is 3. The molecular weight excluding hydrogens is 288 g/mol. The Labute approximate surface area is 142 Å². The van der Waals surface area contributed by atoms with Crippen LogP contribution >= 0.6 is 0 Å². The summed E-state index contributed by atoms with van der Waals surface area (Å²) in [4.78, 5) is 12.7. The normalized spacial score (nSPS) is 28.3. The van der Waals surface area contributed by atoms with E-state index in [2.05, 4.69) is 52.2 Å². The maximum atomic E-state index is 12.7. The number of carbonyl (C=O) groups is 1. The second-order valence-corrected chi connectivity index (χ2v) is 9.35. The first kappa shape index (κ1) is 18.7. The van der Waals surface area contributed by atoms with E-state index in [1.54, 1.807) is 0 Å². The lowest BCUT2D eigenvalue weighted by Crippen LogP contribution is -2.65. The minimum atomic E-state index is -0.652. The van der Waals surface area contributed by atoms with Crippen LogP contribution in [0.1, 0.15) is 86.5 Å². The first-order chi connectivity index (χ1) is 10.5. The zero-order valence-electron chi connectivity index (χ0n) is 15.9. The molecule has 4 nitrogen and oxygen atoms in total. The van der Waals surface area contributed by atoms with Crippen LogP contribution in [0.5, 0.6) is 0 Å². The van der Waals surface area contributed by atoms with Crippen LogP contribution in [0.4, 0.5) is 0 Å². The van der Waals surface area contributed by atoms with Crippen molar-refractivity contribution in [2.45, 2.75) is 109 Å². The minimum absolute atomic E-state index is 0.0901. The Morgan fingerprint density at radius 1 is 1.09 bits per heavy atom. The fraction of sp³-hybridized carbons (Fsp3) is 0.947. The molecule has 1 atom stereocenters. The Morgan fingerprint density at radius 3 is 2.26 bits per heavy atom. The second-order valence-electron chi connectivity index (χ2n) is 9.35. The Balaban J connectivity index is 1.89. The van der Waals surface area contributed by atoms with Crippen molar-refractivity contribution in [3.05, 3.63) is 0 Å². The monoisotopic (exact) mass is 324 g/mol. The maximum absolute atomic E-state index is 12.7. The molecule has 2 saturated heterocycles. The predicted molar refractivity (Wildman–Crippen MR) is 94.2 cm³/mol. The molecule has 0 aromatic carbocycles. The summed E-state index contributed by atoms with van der Waals surface area (Å²) in [7, 11) is 0. The Hall–Kier alpha value is -0.610. The molecule has 2 aliphatic rings. The molecule has 134 valence electrons. The lowest BCUT2D eigenvalue weighted by atomic mass is 9.72. The van der Waals surface area contributed by atoms with E-state index >= 15 is 0 Å². The Bertz CT molecular complexity index is 413. The van der Waals surface area contributed by atoms with Crippen LogP contribution in [0.25, 0.3) is 0 Å². The third-order valence-electron chi connectivity index (χ3n) is 4.95. The molecule has 2 N–H and O–H groups in total. The molecule has 0 saturated carbocycles. The van der Waals surface area contributed by atoms with Gasteiger partial charge in [-0.1, -0.05) is 33.1 Å². The fourth-order valence-electron chi connectivity index (χ4n) is 4.56. The maximum Gasteiger partial charge on any atom is 0.254 e. The minimum Gasteiger partial charge on any atom is -0.342 e. The van der Waals surface area contributed by atoms with Gasteiger partial charge in [-0.25, -0.2) is 0 Å². The number of amides is 1. The molecule has 23 heavy (non-hydrogen) atoms. The van der Waals surface area contributed by atoms with Crippen molar-refractivity contribution >= 4 is 5.91 Å². The Kier molecular flexibility index (Phi) is 5.47. The summed E-state index contributed by atoms with van der Waals surface area (Å²) in [5.74, 6) is 0.868. The van der Waals surface area contributed by atoms with Crippen LogP contribution in [0.15, 0.2) is 0 Å². The van der Waals surface area contributed by atoms with Crippen molar-refractivity contribution in [2.75, 3.05) is 0 Å². The quantitative estimate of drug-likeness (QED) is 0.732. The number of nitrogens with one attached hydrogen (secondary N) is 2. The number of piperidine rings is 1. The van der Waals surface area contributed by atoms with E-state index in [1.165, 1.54) is 19.3 Å². The lowest BCUT2D eigenvalue weighted by Gasteiger charge is -2.49. The molecule has 1 unspecified atom stereocenters. The number of ether oxygens (including phenoxy) is 1. The highest BCUT2D eigenvalue weighted by Crippen LogP contribution is 2.42. The molecule has 1 amide bonds. The van der Waals surface area contributed by atoms with Gasteiger partial charge in [0.2, 0.25) is 0 Å². The van der Waals surface area contributed by atoms with Crippen LogP contribution in [-0.4, -0.2) is 28.8 Å². The van der Waals surface area contributed by atoms with Gasteiger partial charge in [-0.05, 0) is 46.5 Å². The topological polar surface area (TPSA) is 50.4 Å². The highest BCUT2D eigenvalue weighted by Gasteiger charge is 2.56. The number of unbranched alkanes of at least 4 members (excludes halogenated alkanes) is 2. The van der Waals surface area contributed by atoms with Crippen molar-refractivity contribution in [1.82, 2.24) is 10.6 Å². The molecule has 2 fully saturated rings. The van der Waals surface area contributed by atoms with Crippen molar-refractivity contribution in [3.63, 3.8) is 0 Å². The zero-order chi connectivity index (χ0) is 17.3. The third-order valence-corrected chi connectivity index (χ3v) is 4.95. The average molecular weight is 325 g/mol. The summed E-state index contributed by atoms with van der Waals surface area (Å²) in [5.41, 5.74) is -0.836. The highest BCUT2D eigenvalue weighted by molar-refractivity contribution is 5.87. The summed E-state index contributed by atoms with van der Waals surface area (Å²) in [6, 6.07) is 0. The predicted octanol–water partition coefficient (Wildman–Crippen LogP) is 3.74. The second kappa shape index (κ2) is 6.72. The van der Waals surface area contributed by atoms with Gasteiger partial charge in [-0.3, -0.25) is 4.79 Å². The van der Waals surface area contributed by atoms with Gasteiger partial charge in [0.1, 0.15) is 6.23 Å². The molecule has 0 aromatic rings. The van der Waals surface area contributed by atoms with Gasteiger partial charge in [0.25, 0.3) is 5.91 Å². The van der Waals surface area contributed by atoms with Gasteiger partial charge in [-0.15, -0.1) is 0 Å². The van der Waals surface area contributed by atoms with E-state index in [1.807, 2.05) is 0 Å². The highest BCUT2D eigenvalue weighted by atomic mass is 16.5. The lowest BCUT2D eigenvalue weighted by molar-refractivity contribution is -0.146. The molecule has 0 aromatic heterocycles. The number of rotatable bonds is 6. The van der Waals surface area contributed by atoms with E-state index in [0.717, 1.165) is 31.6 Å². The van der Waals surface area contributed by atoms with E-state index in [0.29, 0.717) is 0 Å². The summed E-state index contributed by atoms with van der Waals surface area (Å²) in [6.07, 6.45) is 7.20. The Morgan fingerprint density at radius 2 is 1.70 bits per heavy atom. The van der Waals surface area contributed by atoms with Crippen molar-refractivity contribution in [2.24, 2.45) is 5.92 Å². The molecule has 2 rings (SSSR count). The van der Waals surface area contributed by atoms with Gasteiger partial charge in [0, 0.05) is 23.9 Å². The summed E-state index contributed by atoms with van der Waals surface area (Å²) in [5, 5.41) is 6.73. The van der Waals surface area contributed by atoms with E-state index in [-0.39, 0.29) is 23.2 Å². The third kappa shape index (κ3) is 4.93. The summed E-state index contributed by atoms with van der Waals surface area (Å²) in [6.45, 7) is 13.2. The van der Waals surface area contributed by atoms with E-state index in [4.69, 9.17) is 4.74 Å². The largest absolute Gasteiger partial charge is 0.342 e. The molecule has 2 heterocycles. The van der Waals surface area contributed by atoms with E-state index < -0.39 is 5.60 Å². The van der Waals surface area contributed by atoms with E-state index in [9.17, 15) is 4.79 Å². The van der Waals surface area contributed by atoms with Crippen LogP contribution in [-0.2, 0) is 9.53 Å². The van der Waals surface area contributed by atoms with Crippen molar-refractivity contribution in [3.8, 4) is 0 Å². The molecular formula is C19H36N2O2. The van der Waals surface area contributed by atoms with Crippen LogP contribution in [0.3, 0.4) is 0 Å². The molecule has 2 aliphatic heterocycles. The fourth-order valence-corrected chi connectivity index (χ4v) is 4.56. The number of carbonyl (C=O) groups excluding carboxylic acids is 1. The smallest absolute Gasteiger partial charge is 0.254 e. The van der Waals surface area contributed by atoms with Crippen LogP contribution < -0.4 is 10.6 Å². The average Bonchev–Trinajstić information content (AvgIpc) is 2.60. The summed E-state index contributed by atoms with van der Waals surface area (Å²) < 4.78 is 6.30. The zero-order valence-corrected chi connectivity index (χ0v) is 15.9. The van der Waals surface area contributed by atoms with Crippen molar-refractivity contribution < 1.29 is 9.53 Å². The van der Waals surface area contributed by atoms with Crippen molar-refractivity contribution in [1.29, 1.82) is 0 Å². The standard InChI is InChI=1S/C19H36N2O2/c1-14(2)10-8-7-9-11-15-20-16(22)19(23-15)12-17(3,4)21-18(5,6)13-19/h14-15,21H,7-13H2,1-6H3,(H,20,22).